The minimum atomic E-state index is -0.0803. The summed E-state index contributed by atoms with van der Waals surface area (Å²) >= 11 is 0. The molecule has 1 aromatic rings. The zero-order chi connectivity index (χ0) is 10.7. The number of benzene rings is 1. The molecule has 0 spiro atoms. The summed E-state index contributed by atoms with van der Waals surface area (Å²) in [5.74, 6) is 0. The van der Waals surface area contributed by atoms with Gasteiger partial charge in [0.05, 0.1) is 11.5 Å². The standard InChI is InChI=1S/C14H17N/c1-2-8-14(11-15)9-7-12-5-3-4-6-13(12)10-14/h3-6H,2,7-10H2,1H3. The van der Waals surface area contributed by atoms with Crippen molar-refractivity contribution in [3.05, 3.63) is 35.4 Å². The predicted molar refractivity (Wildman–Crippen MR) is 61.4 cm³/mol. The van der Waals surface area contributed by atoms with Crippen LogP contribution in [0.15, 0.2) is 24.3 Å². The number of nitriles is 1. The molecule has 0 fully saturated rings. The Morgan fingerprint density at radius 1 is 1.33 bits per heavy atom. The first-order valence-electron chi connectivity index (χ1n) is 5.78. The molecule has 0 saturated heterocycles. The summed E-state index contributed by atoms with van der Waals surface area (Å²) < 4.78 is 0. The van der Waals surface area contributed by atoms with Crippen LogP contribution < -0.4 is 0 Å². The lowest BCUT2D eigenvalue weighted by molar-refractivity contribution is 0.313. The molecule has 1 unspecified atom stereocenters. The van der Waals surface area contributed by atoms with E-state index in [1.165, 1.54) is 11.1 Å². The zero-order valence-corrected chi connectivity index (χ0v) is 9.29. The molecule has 1 aliphatic rings. The second kappa shape index (κ2) is 4.06. The number of hydrogen-bond acceptors (Lipinski definition) is 1. The van der Waals surface area contributed by atoms with E-state index in [0.717, 1.165) is 32.1 Å². The molecule has 2 rings (SSSR count). The summed E-state index contributed by atoms with van der Waals surface area (Å²) in [6, 6.07) is 11.1. The van der Waals surface area contributed by atoms with Crippen molar-refractivity contribution in [2.75, 3.05) is 0 Å². The third-order valence-electron chi connectivity index (χ3n) is 3.49. The molecule has 0 aliphatic heterocycles. The van der Waals surface area contributed by atoms with Gasteiger partial charge in [-0.3, -0.25) is 0 Å². The Bertz CT molecular complexity index is 389. The van der Waals surface area contributed by atoms with E-state index in [0.29, 0.717) is 0 Å². The van der Waals surface area contributed by atoms with Crippen molar-refractivity contribution in [2.45, 2.75) is 39.0 Å². The maximum Gasteiger partial charge on any atom is 0.0693 e. The van der Waals surface area contributed by atoms with Gasteiger partial charge >= 0.3 is 0 Å². The Kier molecular flexibility index (Phi) is 2.77. The highest BCUT2D eigenvalue weighted by Crippen LogP contribution is 2.38. The van der Waals surface area contributed by atoms with Crippen LogP contribution in [0.2, 0.25) is 0 Å². The molecule has 0 radical (unpaired) electrons. The van der Waals surface area contributed by atoms with Crippen LogP contribution in [0, 0.1) is 16.7 Å². The average Bonchev–Trinajstić information content (AvgIpc) is 2.29. The first-order valence-corrected chi connectivity index (χ1v) is 5.78. The number of nitrogens with zero attached hydrogens (tertiary/aromatic N) is 1. The van der Waals surface area contributed by atoms with Gasteiger partial charge in [0.2, 0.25) is 0 Å². The van der Waals surface area contributed by atoms with Gasteiger partial charge in [0.1, 0.15) is 0 Å². The molecule has 0 heterocycles. The van der Waals surface area contributed by atoms with Crippen molar-refractivity contribution in [1.82, 2.24) is 0 Å². The number of rotatable bonds is 2. The molecule has 1 aliphatic carbocycles. The van der Waals surface area contributed by atoms with Crippen molar-refractivity contribution in [3.8, 4) is 6.07 Å². The van der Waals surface area contributed by atoms with E-state index in [4.69, 9.17) is 0 Å². The lowest BCUT2D eigenvalue weighted by Gasteiger charge is -2.32. The first kappa shape index (κ1) is 10.2. The van der Waals surface area contributed by atoms with Crippen LogP contribution in [0.4, 0.5) is 0 Å². The lowest BCUT2D eigenvalue weighted by Crippen LogP contribution is -2.27. The maximum absolute atomic E-state index is 9.35. The van der Waals surface area contributed by atoms with E-state index in [1.807, 2.05) is 0 Å². The normalized spacial score (nSPS) is 24.3. The fourth-order valence-electron chi connectivity index (χ4n) is 2.64. The fourth-order valence-corrected chi connectivity index (χ4v) is 2.64. The van der Waals surface area contributed by atoms with Gasteiger partial charge in [0, 0.05) is 0 Å². The van der Waals surface area contributed by atoms with E-state index in [2.05, 4.69) is 37.3 Å². The summed E-state index contributed by atoms with van der Waals surface area (Å²) in [4.78, 5) is 0. The minimum Gasteiger partial charge on any atom is -0.198 e. The molecule has 0 N–H and O–H groups in total. The number of aryl methyl sites for hydroxylation is 1. The van der Waals surface area contributed by atoms with Crippen LogP contribution in [0.1, 0.15) is 37.3 Å². The quantitative estimate of drug-likeness (QED) is 0.715. The fraction of sp³-hybridized carbons (Fsp3) is 0.500. The van der Waals surface area contributed by atoms with Gasteiger partial charge in [-0.1, -0.05) is 37.6 Å². The summed E-state index contributed by atoms with van der Waals surface area (Å²) in [5, 5.41) is 9.35. The van der Waals surface area contributed by atoms with E-state index < -0.39 is 0 Å². The van der Waals surface area contributed by atoms with Gasteiger partial charge < -0.3 is 0 Å². The molecular weight excluding hydrogens is 182 g/mol. The molecule has 0 bridgehead atoms. The van der Waals surface area contributed by atoms with Crippen LogP contribution in [0.5, 0.6) is 0 Å². The third kappa shape index (κ3) is 1.90. The third-order valence-corrected chi connectivity index (χ3v) is 3.49. The van der Waals surface area contributed by atoms with E-state index in [-0.39, 0.29) is 5.41 Å². The van der Waals surface area contributed by atoms with Gasteiger partial charge in [0.15, 0.2) is 0 Å². The Morgan fingerprint density at radius 2 is 2.07 bits per heavy atom. The summed E-state index contributed by atoms with van der Waals surface area (Å²) in [5.41, 5.74) is 2.75. The van der Waals surface area contributed by atoms with E-state index >= 15 is 0 Å². The van der Waals surface area contributed by atoms with Crippen molar-refractivity contribution in [2.24, 2.45) is 5.41 Å². The van der Waals surface area contributed by atoms with Crippen LogP contribution in [-0.2, 0) is 12.8 Å². The monoisotopic (exact) mass is 199 g/mol. The molecular formula is C14H17N. The molecule has 0 amide bonds. The molecule has 1 heteroatoms. The first-order chi connectivity index (χ1) is 7.29. The SMILES string of the molecule is CCCC1(C#N)CCc2ccccc2C1. The van der Waals surface area contributed by atoms with E-state index in [1.54, 1.807) is 0 Å². The Labute approximate surface area is 91.7 Å². The van der Waals surface area contributed by atoms with Crippen LogP contribution in [0.3, 0.4) is 0 Å². The second-order valence-corrected chi connectivity index (χ2v) is 4.59. The summed E-state index contributed by atoms with van der Waals surface area (Å²) in [6.45, 7) is 2.17. The molecule has 0 aromatic heterocycles. The van der Waals surface area contributed by atoms with Crippen LogP contribution in [-0.4, -0.2) is 0 Å². The predicted octanol–water partition coefficient (Wildman–Crippen LogP) is 3.49. The highest BCUT2D eigenvalue weighted by Gasteiger charge is 2.33. The van der Waals surface area contributed by atoms with Crippen molar-refractivity contribution >= 4 is 0 Å². The Balaban J connectivity index is 2.28. The van der Waals surface area contributed by atoms with Crippen LogP contribution in [0.25, 0.3) is 0 Å². The lowest BCUT2D eigenvalue weighted by atomic mass is 9.70. The Hall–Kier alpha value is -1.29. The molecule has 78 valence electrons. The number of hydrogen-bond donors (Lipinski definition) is 0. The van der Waals surface area contributed by atoms with Crippen LogP contribution >= 0.6 is 0 Å². The van der Waals surface area contributed by atoms with Gasteiger partial charge in [0.25, 0.3) is 0 Å². The molecule has 15 heavy (non-hydrogen) atoms. The molecule has 0 saturated carbocycles. The molecule has 1 nitrogen and oxygen atoms in total. The van der Waals surface area contributed by atoms with Gasteiger partial charge in [-0.15, -0.1) is 0 Å². The largest absolute Gasteiger partial charge is 0.198 e. The molecule has 1 aromatic carbocycles. The van der Waals surface area contributed by atoms with Gasteiger partial charge in [-0.25, -0.2) is 0 Å². The molecule has 1 atom stereocenters. The Morgan fingerprint density at radius 3 is 2.73 bits per heavy atom. The van der Waals surface area contributed by atoms with Crippen molar-refractivity contribution in [3.63, 3.8) is 0 Å². The van der Waals surface area contributed by atoms with Crippen molar-refractivity contribution in [1.29, 1.82) is 5.26 Å². The number of fused-ring (bicyclic) bond motifs is 1. The van der Waals surface area contributed by atoms with Gasteiger partial charge in [-0.05, 0) is 36.8 Å². The minimum absolute atomic E-state index is 0.0803. The van der Waals surface area contributed by atoms with Crippen molar-refractivity contribution < 1.29 is 0 Å². The average molecular weight is 199 g/mol. The van der Waals surface area contributed by atoms with Gasteiger partial charge in [-0.2, -0.15) is 5.26 Å². The summed E-state index contributed by atoms with van der Waals surface area (Å²) in [7, 11) is 0. The maximum atomic E-state index is 9.35. The summed E-state index contributed by atoms with van der Waals surface area (Å²) in [6.07, 6.45) is 5.21. The smallest absolute Gasteiger partial charge is 0.0693 e. The van der Waals surface area contributed by atoms with E-state index in [9.17, 15) is 5.26 Å². The zero-order valence-electron chi connectivity index (χ0n) is 9.29. The second-order valence-electron chi connectivity index (χ2n) is 4.59. The topological polar surface area (TPSA) is 23.8 Å². The highest BCUT2D eigenvalue weighted by atomic mass is 14.4. The highest BCUT2D eigenvalue weighted by molar-refractivity contribution is 5.32.